The highest BCUT2D eigenvalue weighted by molar-refractivity contribution is 5.89. The summed E-state index contributed by atoms with van der Waals surface area (Å²) in [4.78, 5) is 43.3. The van der Waals surface area contributed by atoms with Crippen molar-refractivity contribution in [2.45, 2.75) is 57.0 Å². The van der Waals surface area contributed by atoms with Crippen LogP contribution in [0.25, 0.3) is 0 Å². The number of hydrogen-bond donors (Lipinski definition) is 5. The average molecular weight is 334 g/mol. The third-order valence-corrected chi connectivity index (χ3v) is 3.55. The van der Waals surface area contributed by atoms with Crippen molar-refractivity contribution >= 4 is 23.9 Å². The van der Waals surface area contributed by atoms with Crippen molar-refractivity contribution in [1.29, 1.82) is 0 Å². The van der Waals surface area contributed by atoms with Gasteiger partial charge < -0.3 is 25.5 Å². The van der Waals surface area contributed by atoms with Gasteiger partial charge in [-0.3, -0.25) is 14.4 Å². The van der Waals surface area contributed by atoms with Crippen LogP contribution < -0.4 is 0 Å². The second kappa shape index (κ2) is 9.78. The number of unbranched alkanes of at least 4 members (excludes halogenated alkanes) is 4. The molecule has 0 amide bonds. The molecule has 9 heteroatoms. The summed E-state index contributed by atoms with van der Waals surface area (Å²) in [7, 11) is 0. The summed E-state index contributed by atoms with van der Waals surface area (Å²) >= 11 is 0. The molecule has 0 saturated carbocycles. The summed E-state index contributed by atoms with van der Waals surface area (Å²) in [5.41, 5.74) is -2.86. The normalized spacial score (nSPS) is 14.7. The van der Waals surface area contributed by atoms with E-state index in [9.17, 15) is 24.3 Å². The molecule has 0 rings (SSSR count). The zero-order valence-corrected chi connectivity index (χ0v) is 12.6. The number of carboxylic acids is 4. The maximum atomic E-state index is 11.2. The second-order valence-electron chi connectivity index (χ2n) is 5.39. The van der Waals surface area contributed by atoms with Gasteiger partial charge in [-0.15, -0.1) is 0 Å². The molecule has 0 aromatic heterocycles. The topological polar surface area (TPSA) is 169 Å². The molecule has 0 aliphatic heterocycles. The van der Waals surface area contributed by atoms with E-state index < -0.39 is 41.8 Å². The first-order valence-corrected chi connectivity index (χ1v) is 7.23. The van der Waals surface area contributed by atoms with Crippen LogP contribution in [-0.2, 0) is 19.2 Å². The summed E-state index contributed by atoms with van der Waals surface area (Å²) in [5.74, 6) is -7.67. The van der Waals surface area contributed by atoms with E-state index in [0.717, 1.165) is 0 Å². The van der Waals surface area contributed by atoms with E-state index in [1.54, 1.807) is 0 Å². The summed E-state index contributed by atoms with van der Waals surface area (Å²) in [6, 6.07) is 0. The Morgan fingerprint density at radius 3 is 1.74 bits per heavy atom. The molecule has 0 fully saturated rings. The van der Waals surface area contributed by atoms with E-state index in [0.29, 0.717) is 32.1 Å². The van der Waals surface area contributed by atoms with Crippen molar-refractivity contribution in [3.63, 3.8) is 0 Å². The van der Waals surface area contributed by atoms with E-state index in [1.807, 2.05) is 0 Å². The van der Waals surface area contributed by atoms with Gasteiger partial charge in [0.25, 0.3) is 0 Å². The fourth-order valence-corrected chi connectivity index (χ4v) is 2.30. The van der Waals surface area contributed by atoms with Gasteiger partial charge in [-0.25, -0.2) is 4.79 Å². The summed E-state index contributed by atoms with van der Waals surface area (Å²) in [6.45, 7) is 0. The van der Waals surface area contributed by atoms with E-state index in [1.165, 1.54) is 0 Å². The third-order valence-electron chi connectivity index (χ3n) is 3.55. The van der Waals surface area contributed by atoms with Gasteiger partial charge in [0.1, 0.15) is 0 Å². The first kappa shape index (κ1) is 20.8. The highest BCUT2D eigenvalue weighted by Gasteiger charge is 2.49. The molecule has 0 aliphatic rings. The maximum absolute atomic E-state index is 11.2. The molecule has 0 radical (unpaired) electrons. The predicted molar refractivity (Wildman–Crippen MR) is 75.9 cm³/mol. The Balaban J connectivity index is 4.50. The predicted octanol–water partition coefficient (Wildman–Crippen LogP) is 0.793. The third kappa shape index (κ3) is 7.59. The van der Waals surface area contributed by atoms with E-state index in [-0.39, 0.29) is 12.8 Å². The Labute approximate surface area is 132 Å². The Hall–Kier alpha value is -2.16. The highest BCUT2D eigenvalue weighted by atomic mass is 16.4. The molecule has 0 aliphatic carbocycles. The molecule has 2 atom stereocenters. The number of carboxylic acid groups (broad SMARTS) is 4. The lowest BCUT2D eigenvalue weighted by molar-refractivity contribution is -0.179. The van der Waals surface area contributed by atoms with E-state index in [4.69, 9.17) is 20.4 Å². The van der Waals surface area contributed by atoms with Gasteiger partial charge >= 0.3 is 23.9 Å². The molecule has 0 aromatic carbocycles. The number of carbonyl (C=O) groups is 4. The van der Waals surface area contributed by atoms with Gasteiger partial charge in [-0.05, 0) is 12.8 Å². The minimum absolute atomic E-state index is 0.0507. The molecule has 0 bridgehead atoms. The van der Waals surface area contributed by atoms with Crippen LogP contribution in [-0.4, -0.2) is 55.0 Å². The Bertz CT molecular complexity index is 446. The van der Waals surface area contributed by atoms with Crippen LogP contribution in [0.2, 0.25) is 0 Å². The molecule has 0 spiro atoms. The monoisotopic (exact) mass is 334 g/mol. The van der Waals surface area contributed by atoms with Gasteiger partial charge in [0, 0.05) is 6.42 Å². The summed E-state index contributed by atoms with van der Waals surface area (Å²) in [5, 5.41) is 45.2. The van der Waals surface area contributed by atoms with Crippen LogP contribution in [0.4, 0.5) is 0 Å². The van der Waals surface area contributed by atoms with Gasteiger partial charge in [0.05, 0.1) is 12.3 Å². The second-order valence-corrected chi connectivity index (χ2v) is 5.39. The van der Waals surface area contributed by atoms with Crippen LogP contribution in [0.5, 0.6) is 0 Å². The van der Waals surface area contributed by atoms with Crippen LogP contribution in [0.1, 0.15) is 51.4 Å². The van der Waals surface area contributed by atoms with Crippen molar-refractivity contribution < 1.29 is 44.7 Å². The van der Waals surface area contributed by atoms with Crippen molar-refractivity contribution in [1.82, 2.24) is 0 Å². The van der Waals surface area contributed by atoms with Gasteiger partial charge in [0.2, 0.25) is 0 Å². The number of aliphatic hydroxyl groups is 1. The zero-order chi connectivity index (χ0) is 18.0. The molecule has 9 nitrogen and oxygen atoms in total. The lowest BCUT2D eigenvalue weighted by Gasteiger charge is -2.28. The number of rotatable bonds is 13. The highest BCUT2D eigenvalue weighted by Crippen LogP contribution is 2.28. The zero-order valence-electron chi connectivity index (χ0n) is 12.6. The molecule has 0 saturated heterocycles. The van der Waals surface area contributed by atoms with Crippen molar-refractivity contribution in [2.24, 2.45) is 5.92 Å². The molecule has 2 unspecified atom stereocenters. The van der Waals surface area contributed by atoms with Crippen molar-refractivity contribution in [3.05, 3.63) is 0 Å². The van der Waals surface area contributed by atoms with Crippen LogP contribution in [0.3, 0.4) is 0 Å². The molecular formula is C14H22O9. The maximum Gasteiger partial charge on any atom is 0.337 e. The SMILES string of the molecule is O=C(O)CCCCCCCC(C(=O)O)C(O)(CC(=O)O)C(=O)O. The molecule has 0 heterocycles. The standard InChI is InChI=1S/C14H22O9/c15-10(16)7-5-3-1-2-4-6-9(12(19)20)14(23,13(21)22)8-11(17)18/h9,23H,1-8H2,(H,15,16)(H,17,18)(H,19,20)(H,21,22). The van der Waals surface area contributed by atoms with Crippen LogP contribution in [0.15, 0.2) is 0 Å². The van der Waals surface area contributed by atoms with E-state index in [2.05, 4.69) is 0 Å². The fourth-order valence-electron chi connectivity index (χ4n) is 2.30. The molecule has 5 N–H and O–H groups in total. The quantitative estimate of drug-likeness (QED) is 0.305. The molecule has 132 valence electrons. The first-order chi connectivity index (χ1) is 10.6. The lowest BCUT2D eigenvalue weighted by atomic mass is 9.81. The largest absolute Gasteiger partial charge is 0.481 e. The van der Waals surface area contributed by atoms with Crippen LogP contribution >= 0.6 is 0 Å². The average Bonchev–Trinajstić information content (AvgIpc) is 2.39. The molecular weight excluding hydrogens is 312 g/mol. The fraction of sp³-hybridized carbons (Fsp3) is 0.714. The van der Waals surface area contributed by atoms with Gasteiger partial charge in [0.15, 0.2) is 5.60 Å². The summed E-state index contributed by atoms with van der Waals surface area (Å²) in [6.07, 6.45) is 1.28. The Morgan fingerprint density at radius 1 is 0.783 bits per heavy atom. The lowest BCUT2D eigenvalue weighted by Crippen LogP contribution is -2.50. The molecule has 0 aromatic rings. The van der Waals surface area contributed by atoms with Gasteiger partial charge in [-0.1, -0.05) is 25.7 Å². The Kier molecular flexibility index (Phi) is 8.86. The number of aliphatic carboxylic acids is 4. The van der Waals surface area contributed by atoms with Crippen molar-refractivity contribution in [2.75, 3.05) is 0 Å². The number of hydrogen-bond acceptors (Lipinski definition) is 5. The van der Waals surface area contributed by atoms with Crippen LogP contribution in [0, 0.1) is 5.92 Å². The smallest absolute Gasteiger partial charge is 0.337 e. The first-order valence-electron chi connectivity index (χ1n) is 7.23. The van der Waals surface area contributed by atoms with Crippen molar-refractivity contribution in [3.8, 4) is 0 Å². The minimum atomic E-state index is -2.86. The minimum Gasteiger partial charge on any atom is -0.481 e. The van der Waals surface area contributed by atoms with Gasteiger partial charge in [-0.2, -0.15) is 0 Å². The Morgan fingerprint density at radius 2 is 1.30 bits per heavy atom. The summed E-state index contributed by atoms with van der Waals surface area (Å²) < 4.78 is 0. The molecule has 23 heavy (non-hydrogen) atoms. The van der Waals surface area contributed by atoms with E-state index >= 15 is 0 Å².